The van der Waals surface area contributed by atoms with E-state index >= 15 is 0 Å². The van der Waals surface area contributed by atoms with E-state index in [-0.39, 0.29) is 18.4 Å². The van der Waals surface area contributed by atoms with Gasteiger partial charge in [0.1, 0.15) is 0 Å². The molecular weight excluding hydrogens is 139 g/mol. The van der Waals surface area contributed by atoms with E-state index in [1.807, 2.05) is 0 Å². The fraction of sp³-hybridized carbons (Fsp3) is 0.857. The van der Waals surface area contributed by atoms with Gasteiger partial charge < -0.3 is 11.1 Å². The molecule has 11 heavy (non-hydrogen) atoms. The van der Waals surface area contributed by atoms with Gasteiger partial charge in [0.15, 0.2) is 0 Å². The lowest BCUT2D eigenvalue weighted by atomic mass is 9.88. The summed E-state index contributed by atoms with van der Waals surface area (Å²) < 4.78 is 0. The first-order valence-electron chi connectivity index (χ1n) is 3.81. The van der Waals surface area contributed by atoms with Crippen LogP contribution in [0.4, 0.5) is 0 Å². The van der Waals surface area contributed by atoms with Gasteiger partial charge in [-0.2, -0.15) is 0 Å². The Morgan fingerprint density at radius 3 is 2.55 bits per heavy atom. The Balaban J connectivity index is 3.51. The van der Waals surface area contributed by atoms with Gasteiger partial charge in [-0.25, -0.2) is 0 Å². The van der Waals surface area contributed by atoms with Gasteiger partial charge in [0, 0.05) is 0 Å². The van der Waals surface area contributed by atoms with Gasteiger partial charge in [-0.1, -0.05) is 13.8 Å². The first-order valence-corrected chi connectivity index (χ1v) is 3.81. The maximum Gasteiger partial charge on any atom is 0.233 e. The Bertz CT molecular complexity index is 128. The highest BCUT2D eigenvalue weighted by Crippen LogP contribution is 2.00. The minimum Gasteiger partial charge on any atom is -0.361 e. The van der Waals surface area contributed by atoms with E-state index in [0.29, 0.717) is 5.92 Å². The molecule has 0 aromatic heterocycles. The van der Waals surface area contributed by atoms with Crippen LogP contribution in [0.5, 0.6) is 0 Å². The highest BCUT2D eigenvalue weighted by molar-refractivity contribution is 6.13. The Morgan fingerprint density at radius 2 is 2.18 bits per heavy atom. The number of amides is 1. The van der Waals surface area contributed by atoms with Crippen molar-refractivity contribution < 1.29 is 4.79 Å². The molecule has 0 saturated heterocycles. The zero-order valence-electron chi connectivity index (χ0n) is 7.13. The fourth-order valence-electron chi connectivity index (χ4n) is 0.833. The first kappa shape index (κ1) is 10.5. The quantitative estimate of drug-likeness (QED) is 0.541. The van der Waals surface area contributed by atoms with Crippen molar-refractivity contribution in [2.45, 2.75) is 26.2 Å². The van der Waals surface area contributed by atoms with E-state index in [0.717, 1.165) is 6.42 Å². The summed E-state index contributed by atoms with van der Waals surface area (Å²) in [6.45, 7) is 4.11. The third-order valence-electron chi connectivity index (χ3n) is 1.26. The molecule has 0 aliphatic heterocycles. The van der Waals surface area contributed by atoms with E-state index in [9.17, 15) is 4.79 Å². The number of rotatable bonds is 4. The van der Waals surface area contributed by atoms with Crippen molar-refractivity contribution in [3.63, 3.8) is 0 Å². The summed E-state index contributed by atoms with van der Waals surface area (Å²) in [5.74, 6) is 0.0345. The Labute approximate surface area is 69.1 Å². The van der Waals surface area contributed by atoms with Crippen LogP contribution in [0.25, 0.3) is 0 Å². The molecule has 62 valence electrons. The lowest BCUT2D eigenvalue weighted by Gasteiger charge is -2.15. The van der Waals surface area contributed by atoms with Crippen LogP contribution in [0.1, 0.15) is 20.3 Å². The molecule has 0 aromatic carbocycles. The van der Waals surface area contributed by atoms with Gasteiger partial charge in [-0.15, -0.1) is 0 Å². The van der Waals surface area contributed by atoms with Gasteiger partial charge in [0.25, 0.3) is 0 Å². The van der Waals surface area contributed by atoms with Crippen molar-refractivity contribution >= 4 is 13.8 Å². The molecule has 0 aliphatic carbocycles. The van der Waals surface area contributed by atoms with Crippen LogP contribution in [0.2, 0.25) is 0 Å². The number of hydrogen-bond acceptors (Lipinski definition) is 2. The van der Waals surface area contributed by atoms with Gasteiger partial charge in [0.05, 0.1) is 14.4 Å². The normalized spacial score (nSPS) is 13.1. The zero-order chi connectivity index (χ0) is 8.85. The standard InChI is InChI=1S/C7H15BN2O/c1-5(2)3-6(8)10-7(11)4-9/h5-6H,3-4,9H2,1-2H3,(H,10,11). The van der Waals surface area contributed by atoms with Gasteiger partial charge >= 0.3 is 0 Å². The second kappa shape index (κ2) is 5.19. The van der Waals surface area contributed by atoms with Gasteiger partial charge in [-0.3, -0.25) is 4.79 Å². The van der Waals surface area contributed by atoms with Crippen LogP contribution in [0.3, 0.4) is 0 Å². The zero-order valence-corrected chi connectivity index (χ0v) is 7.13. The molecule has 1 amide bonds. The van der Waals surface area contributed by atoms with Gasteiger partial charge in [-0.05, 0) is 18.3 Å². The summed E-state index contributed by atoms with van der Waals surface area (Å²) in [5.41, 5.74) is 5.08. The lowest BCUT2D eigenvalue weighted by Crippen LogP contribution is -2.39. The summed E-state index contributed by atoms with van der Waals surface area (Å²) in [6, 6.07) is 0. The van der Waals surface area contributed by atoms with E-state index in [2.05, 4.69) is 19.2 Å². The summed E-state index contributed by atoms with van der Waals surface area (Å²) in [6.07, 6.45) is 0.783. The van der Waals surface area contributed by atoms with Crippen LogP contribution < -0.4 is 11.1 Å². The van der Waals surface area contributed by atoms with Crippen molar-refractivity contribution in [3.8, 4) is 0 Å². The number of nitrogens with two attached hydrogens (primary N) is 1. The van der Waals surface area contributed by atoms with E-state index < -0.39 is 0 Å². The van der Waals surface area contributed by atoms with Crippen LogP contribution >= 0.6 is 0 Å². The summed E-state index contributed by atoms with van der Waals surface area (Å²) in [7, 11) is 5.56. The lowest BCUT2D eigenvalue weighted by molar-refractivity contribution is -0.120. The average molecular weight is 154 g/mol. The highest BCUT2D eigenvalue weighted by Gasteiger charge is 2.06. The highest BCUT2D eigenvalue weighted by atomic mass is 16.1. The summed E-state index contributed by atoms with van der Waals surface area (Å²) >= 11 is 0. The SMILES string of the molecule is [B]C(CC(C)C)NC(=O)CN. The largest absolute Gasteiger partial charge is 0.361 e. The molecular formula is C7H15BN2O. The second-order valence-corrected chi connectivity index (χ2v) is 3.01. The van der Waals surface area contributed by atoms with Crippen molar-refractivity contribution in [2.24, 2.45) is 11.7 Å². The van der Waals surface area contributed by atoms with Crippen molar-refractivity contribution in [1.29, 1.82) is 0 Å². The molecule has 0 bridgehead atoms. The Kier molecular flexibility index (Phi) is 4.95. The predicted octanol–water partition coefficient (Wildman–Crippen LogP) is -0.398. The fourth-order valence-corrected chi connectivity index (χ4v) is 0.833. The minimum absolute atomic E-state index is 0.00575. The molecule has 1 atom stereocenters. The van der Waals surface area contributed by atoms with E-state index in [4.69, 9.17) is 13.6 Å². The summed E-state index contributed by atoms with van der Waals surface area (Å²) in [5, 5.41) is 2.57. The third kappa shape index (κ3) is 5.92. The van der Waals surface area contributed by atoms with Crippen molar-refractivity contribution in [3.05, 3.63) is 0 Å². The molecule has 0 saturated carbocycles. The molecule has 3 nitrogen and oxygen atoms in total. The van der Waals surface area contributed by atoms with Crippen LogP contribution in [0, 0.1) is 5.92 Å². The smallest absolute Gasteiger partial charge is 0.233 e. The van der Waals surface area contributed by atoms with E-state index in [1.165, 1.54) is 0 Å². The molecule has 0 spiro atoms. The van der Waals surface area contributed by atoms with Crippen LogP contribution in [-0.4, -0.2) is 26.2 Å². The molecule has 2 radical (unpaired) electrons. The molecule has 0 aromatic rings. The van der Waals surface area contributed by atoms with Crippen LogP contribution in [-0.2, 0) is 4.79 Å². The second-order valence-electron chi connectivity index (χ2n) is 3.01. The Morgan fingerprint density at radius 1 is 1.64 bits per heavy atom. The number of hydrogen-bond donors (Lipinski definition) is 2. The molecule has 0 aliphatic rings. The topological polar surface area (TPSA) is 55.1 Å². The summed E-state index contributed by atoms with van der Waals surface area (Å²) in [4.78, 5) is 10.7. The predicted molar refractivity (Wildman–Crippen MR) is 46.2 cm³/mol. The number of nitrogens with one attached hydrogen (secondary N) is 1. The third-order valence-corrected chi connectivity index (χ3v) is 1.26. The number of carbonyl (C=O) groups excluding carboxylic acids is 1. The van der Waals surface area contributed by atoms with Crippen molar-refractivity contribution in [1.82, 2.24) is 5.32 Å². The van der Waals surface area contributed by atoms with E-state index in [1.54, 1.807) is 0 Å². The molecule has 0 heterocycles. The first-order chi connectivity index (χ1) is 5.06. The van der Waals surface area contributed by atoms with Crippen molar-refractivity contribution in [2.75, 3.05) is 6.54 Å². The molecule has 3 N–H and O–H groups in total. The average Bonchev–Trinajstić information content (AvgIpc) is 1.85. The molecule has 0 rings (SSSR count). The monoisotopic (exact) mass is 154 g/mol. The molecule has 4 heteroatoms. The minimum atomic E-state index is -0.258. The van der Waals surface area contributed by atoms with Gasteiger partial charge in [0.2, 0.25) is 5.91 Å². The maximum atomic E-state index is 10.7. The van der Waals surface area contributed by atoms with Crippen LogP contribution in [0.15, 0.2) is 0 Å². The molecule has 1 unspecified atom stereocenters. The maximum absolute atomic E-state index is 10.7. The molecule has 0 fully saturated rings. The number of carbonyl (C=O) groups is 1. The Hall–Kier alpha value is -0.505.